The van der Waals surface area contributed by atoms with Gasteiger partial charge in [0.2, 0.25) is 5.91 Å². The van der Waals surface area contributed by atoms with Gasteiger partial charge in [-0.05, 0) is 30.5 Å². The monoisotopic (exact) mass is 395 g/mol. The predicted octanol–water partition coefficient (Wildman–Crippen LogP) is 1.99. The number of hydrogen-bond acceptors (Lipinski definition) is 4. The molecule has 25 heavy (non-hydrogen) atoms. The lowest BCUT2D eigenvalue weighted by molar-refractivity contribution is -0.121. The first-order valence-electron chi connectivity index (χ1n) is 8.13. The van der Waals surface area contributed by atoms with Crippen molar-refractivity contribution in [3.05, 3.63) is 35.6 Å². The summed E-state index contributed by atoms with van der Waals surface area (Å²) in [7, 11) is 1.64. The van der Waals surface area contributed by atoms with E-state index in [0.29, 0.717) is 19.7 Å². The lowest BCUT2D eigenvalue weighted by Crippen LogP contribution is -2.46. The summed E-state index contributed by atoms with van der Waals surface area (Å²) in [6.45, 7) is 4.34. The third-order valence-corrected chi connectivity index (χ3v) is 4.04. The number of rotatable bonds is 8. The number of benzene rings is 1. The van der Waals surface area contributed by atoms with Gasteiger partial charge in [-0.2, -0.15) is 0 Å². The fourth-order valence-electron chi connectivity index (χ4n) is 2.74. The van der Waals surface area contributed by atoms with Gasteiger partial charge in [-0.3, -0.25) is 9.69 Å². The molecule has 2 N–H and O–H groups in total. The molecule has 0 aromatic heterocycles. The molecule has 0 aliphatic carbocycles. The molecule has 0 atom stereocenters. The van der Waals surface area contributed by atoms with Crippen LogP contribution in [0.15, 0.2) is 24.3 Å². The second kappa shape index (κ2) is 13.3. The van der Waals surface area contributed by atoms with Crippen molar-refractivity contribution in [2.75, 3.05) is 39.9 Å². The third-order valence-electron chi connectivity index (χ3n) is 4.04. The Labute approximate surface area is 161 Å². The maximum absolute atomic E-state index is 12.9. The predicted molar refractivity (Wildman–Crippen MR) is 102 cm³/mol. The fourth-order valence-corrected chi connectivity index (χ4v) is 2.74. The van der Waals surface area contributed by atoms with Gasteiger partial charge in [-0.1, -0.05) is 12.1 Å². The van der Waals surface area contributed by atoms with Gasteiger partial charge < -0.3 is 15.4 Å². The van der Waals surface area contributed by atoms with Crippen LogP contribution in [0, 0.1) is 5.82 Å². The smallest absolute Gasteiger partial charge is 0.234 e. The van der Waals surface area contributed by atoms with E-state index in [1.54, 1.807) is 7.11 Å². The summed E-state index contributed by atoms with van der Waals surface area (Å²) in [5, 5.41) is 6.11. The number of methoxy groups -OCH3 is 1. The summed E-state index contributed by atoms with van der Waals surface area (Å²) in [5.41, 5.74) is 1.12. The first-order chi connectivity index (χ1) is 11.2. The fraction of sp³-hybridized carbons (Fsp3) is 0.588. The summed E-state index contributed by atoms with van der Waals surface area (Å²) in [6, 6.07) is 6.90. The van der Waals surface area contributed by atoms with Crippen LogP contribution in [-0.2, 0) is 16.1 Å². The molecule has 1 aliphatic rings. The van der Waals surface area contributed by atoms with Crippen molar-refractivity contribution in [1.29, 1.82) is 0 Å². The molecule has 1 heterocycles. The molecule has 0 radical (unpaired) electrons. The summed E-state index contributed by atoms with van der Waals surface area (Å²) in [4.78, 5) is 14.2. The van der Waals surface area contributed by atoms with Gasteiger partial charge >= 0.3 is 0 Å². The summed E-state index contributed by atoms with van der Waals surface area (Å²) >= 11 is 0. The number of amides is 1. The van der Waals surface area contributed by atoms with E-state index >= 15 is 0 Å². The Bertz CT molecular complexity index is 483. The second-order valence-electron chi connectivity index (χ2n) is 5.91. The molecule has 1 saturated heterocycles. The van der Waals surface area contributed by atoms with E-state index in [0.717, 1.165) is 38.0 Å². The Hall–Kier alpha value is -0.920. The van der Waals surface area contributed by atoms with Crippen LogP contribution in [-0.4, -0.2) is 56.7 Å². The lowest BCUT2D eigenvalue weighted by atomic mass is 10.0. The van der Waals surface area contributed by atoms with Crippen LogP contribution in [0.3, 0.4) is 0 Å². The molecule has 0 saturated carbocycles. The number of ether oxygens (including phenoxy) is 1. The first kappa shape index (κ1) is 24.1. The molecular formula is C17H28Cl2FN3O2. The van der Waals surface area contributed by atoms with Crippen molar-refractivity contribution < 1.29 is 13.9 Å². The number of carbonyl (C=O) groups is 1. The minimum absolute atomic E-state index is 0. The van der Waals surface area contributed by atoms with Crippen LogP contribution in [0.5, 0.6) is 0 Å². The van der Waals surface area contributed by atoms with Gasteiger partial charge in [0, 0.05) is 39.3 Å². The minimum atomic E-state index is -0.200. The molecule has 0 bridgehead atoms. The van der Waals surface area contributed by atoms with Crippen LogP contribution in [0.4, 0.5) is 4.39 Å². The van der Waals surface area contributed by atoms with Gasteiger partial charge in [0.25, 0.3) is 0 Å². The van der Waals surface area contributed by atoms with E-state index in [2.05, 4.69) is 15.5 Å². The molecule has 144 valence electrons. The normalized spacial score (nSPS) is 15.1. The summed E-state index contributed by atoms with van der Waals surface area (Å²) < 4.78 is 17.8. The molecule has 1 amide bonds. The van der Waals surface area contributed by atoms with E-state index in [4.69, 9.17) is 4.74 Å². The molecule has 8 heteroatoms. The first-order valence-corrected chi connectivity index (χ1v) is 8.13. The van der Waals surface area contributed by atoms with Crippen molar-refractivity contribution in [2.24, 2.45) is 0 Å². The van der Waals surface area contributed by atoms with Crippen LogP contribution in [0.1, 0.15) is 18.4 Å². The average Bonchev–Trinajstić information content (AvgIpc) is 2.56. The zero-order valence-corrected chi connectivity index (χ0v) is 16.1. The molecule has 5 nitrogen and oxygen atoms in total. The molecule has 1 aromatic carbocycles. The van der Waals surface area contributed by atoms with Crippen molar-refractivity contribution in [2.45, 2.75) is 25.4 Å². The van der Waals surface area contributed by atoms with E-state index in [1.807, 2.05) is 12.1 Å². The van der Waals surface area contributed by atoms with Gasteiger partial charge in [0.15, 0.2) is 0 Å². The zero-order chi connectivity index (χ0) is 16.5. The van der Waals surface area contributed by atoms with Crippen molar-refractivity contribution in [3.63, 3.8) is 0 Å². The average molecular weight is 396 g/mol. The Morgan fingerprint density at radius 3 is 2.48 bits per heavy atom. The maximum Gasteiger partial charge on any atom is 0.234 e. The van der Waals surface area contributed by atoms with Crippen LogP contribution >= 0.6 is 24.8 Å². The Morgan fingerprint density at radius 1 is 1.24 bits per heavy atom. The number of carbonyl (C=O) groups excluding carboxylic acids is 1. The van der Waals surface area contributed by atoms with Crippen molar-refractivity contribution in [1.82, 2.24) is 15.5 Å². The van der Waals surface area contributed by atoms with E-state index < -0.39 is 0 Å². The highest BCUT2D eigenvalue weighted by Gasteiger charge is 2.20. The van der Waals surface area contributed by atoms with Crippen LogP contribution < -0.4 is 10.6 Å². The van der Waals surface area contributed by atoms with Gasteiger partial charge in [0.1, 0.15) is 5.82 Å². The Morgan fingerprint density at radius 2 is 1.88 bits per heavy atom. The quantitative estimate of drug-likeness (QED) is 0.660. The molecule has 1 fully saturated rings. The van der Waals surface area contributed by atoms with E-state index in [9.17, 15) is 9.18 Å². The molecular weight excluding hydrogens is 368 g/mol. The highest BCUT2D eigenvalue weighted by molar-refractivity contribution is 5.85. The molecule has 1 aromatic rings. The number of nitrogens with one attached hydrogen (secondary N) is 2. The topological polar surface area (TPSA) is 53.6 Å². The number of likely N-dealkylation sites (tertiary alicyclic amines) is 1. The molecule has 1 aliphatic heterocycles. The molecule has 0 spiro atoms. The number of hydrogen-bond donors (Lipinski definition) is 2. The van der Waals surface area contributed by atoms with Gasteiger partial charge in [-0.25, -0.2) is 4.39 Å². The minimum Gasteiger partial charge on any atom is -0.383 e. The standard InChI is InChI=1S/C17H26FN3O2.2ClH/c1-23-11-8-19-12-17(22)20-16-6-9-21(10-7-16)13-14-2-4-15(18)5-3-14;;/h2-5,16,19H,6-13H2,1H3,(H,20,22);2*1H. The number of piperidine rings is 1. The van der Waals surface area contributed by atoms with Crippen LogP contribution in [0.2, 0.25) is 0 Å². The maximum atomic E-state index is 12.9. The number of nitrogens with zero attached hydrogens (tertiary/aromatic N) is 1. The third kappa shape index (κ3) is 9.37. The van der Waals surface area contributed by atoms with Crippen LogP contribution in [0.25, 0.3) is 0 Å². The van der Waals surface area contributed by atoms with E-state index in [-0.39, 0.29) is 42.6 Å². The van der Waals surface area contributed by atoms with Gasteiger partial charge in [0.05, 0.1) is 13.2 Å². The zero-order valence-electron chi connectivity index (χ0n) is 14.5. The summed E-state index contributed by atoms with van der Waals surface area (Å²) in [5.74, 6) is -0.160. The van der Waals surface area contributed by atoms with Crippen molar-refractivity contribution >= 4 is 30.7 Å². The largest absolute Gasteiger partial charge is 0.383 e. The summed E-state index contributed by atoms with van der Waals surface area (Å²) in [6.07, 6.45) is 1.90. The van der Waals surface area contributed by atoms with E-state index in [1.165, 1.54) is 12.1 Å². The molecule has 0 unspecified atom stereocenters. The number of halogens is 3. The second-order valence-corrected chi connectivity index (χ2v) is 5.91. The van der Waals surface area contributed by atoms with Crippen molar-refractivity contribution in [3.8, 4) is 0 Å². The highest BCUT2D eigenvalue weighted by atomic mass is 35.5. The van der Waals surface area contributed by atoms with Gasteiger partial charge in [-0.15, -0.1) is 24.8 Å². The SMILES string of the molecule is COCCNCC(=O)NC1CCN(Cc2ccc(F)cc2)CC1.Cl.Cl. The Balaban J connectivity index is 0.00000288. The lowest BCUT2D eigenvalue weighted by Gasteiger charge is -2.32. The highest BCUT2D eigenvalue weighted by Crippen LogP contribution is 2.14. The Kier molecular flexibility index (Phi) is 12.8. The molecule has 2 rings (SSSR count).